The molecule has 124 valence electrons. The highest BCUT2D eigenvalue weighted by Gasteiger charge is 2.23. The molecule has 3 N–H and O–H groups in total. The first-order chi connectivity index (χ1) is 9.95. The number of rotatable bonds is 4. The van der Waals surface area contributed by atoms with Crippen LogP contribution >= 0.6 is 24.0 Å². The first-order valence-corrected chi connectivity index (χ1v) is 7.87. The molecule has 1 aromatic carbocycles. The summed E-state index contributed by atoms with van der Waals surface area (Å²) >= 11 is 5.92. The molecular weight excluding hydrogens is 321 g/mol. The van der Waals surface area contributed by atoms with E-state index in [1.165, 1.54) is 0 Å². The second-order valence-corrected chi connectivity index (χ2v) is 6.42. The SMILES string of the molecule is Cc1cc(Cl)ccc1NC(=O)CN1CCC(C(C)N)CC1.Cl. The number of carbonyl (C=O) groups is 1. The minimum absolute atomic E-state index is 0. The minimum Gasteiger partial charge on any atom is -0.328 e. The second kappa shape index (κ2) is 8.73. The molecular formula is C16H25Cl2N3O. The summed E-state index contributed by atoms with van der Waals surface area (Å²) in [6.45, 7) is 6.33. The van der Waals surface area contributed by atoms with Crippen molar-refractivity contribution in [3.8, 4) is 0 Å². The molecule has 1 saturated heterocycles. The Balaban J connectivity index is 0.00000242. The van der Waals surface area contributed by atoms with Crippen molar-refractivity contribution in [3.05, 3.63) is 28.8 Å². The molecule has 0 spiro atoms. The lowest BCUT2D eigenvalue weighted by atomic mass is 9.91. The fourth-order valence-corrected chi connectivity index (χ4v) is 3.02. The van der Waals surface area contributed by atoms with Crippen LogP contribution in [-0.2, 0) is 4.79 Å². The van der Waals surface area contributed by atoms with E-state index in [4.69, 9.17) is 17.3 Å². The van der Waals surface area contributed by atoms with E-state index in [0.29, 0.717) is 17.5 Å². The molecule has 1 fully saturated rings. The van der Waals surface area contributed by atoms with Crippen molar-refractivity contribution in [3.63, 3.8) is 0 Å². The molecule has 0 bridgehead atoms. The van der Waals surface area contributed by atoms with E-state index in [0.717, 1.165) is 37.2 Å². The van der Waals surface area contributed by atoms with E-state index in [1.54, 1.807) is 6.07 Å². The van der Waals surface area contributed by atoms with Gasteiger partial charge in [-0.2, -0.15) is 0 Å². The zero-order chi connectivity index (χ0) is 15.4. The molecule has 1 atom stereocenters. The summed E-state index contributed by atoms with van der Waals surface area (Å²) in [5.74, 6) is 0.613. The number of nitrogens with zero attached hydrogens (tertiary/aromatic N) is 1. The number of amides is 1. The Morgan fingerprint density at radius 2 is 2.09 bits per heavy atom. The Labute approximate surface area is 143 Å². The quantitative estimate of drug-likeness (QED) is 0.881. The van der Waals surface area contributed by atoms with E-state index in [9.17, 15) is 4.79 Å². The molecule has 2 rings (SSSR count). The van der Waals surface area contributed by atoms with Crippen molar-refractivity contribution in [2.75, 3.05) is 25.0 Å². The number of anilines is 1. The van der Waals surface area contributed by atoms with Crippen LogP contribution in [0.2, 0.25) is 5.02 Å². The molecule has 0 radical (unpaired) electrons. The average molecular weight is 346 g/mol. The summed E-state index contributed by atoms with van der Waals surface area (Å²) in [6.07, 6.45) is 2.15. The lowest BCUT2D eigenvalue weighted by Gasteiger charge is -2.33. The molecule has 1 aliphatic rings. The van der Waals surface area contributed by atoms with E-state index in [2.05, 4.69) is 17.1 Å². The van der Waals surface area contributed by atoms with E-state index >= 15 is 0 Å². The van der Waals surface area contributed by atoms with E-state index in [1.807, 2.05) is 19.1 Å². The molecule has 0 saturated carbocycles. The van der Waals surface area contributed by atoms with Crippen molar-refractivity contribution in [2.24, 2.45) is 11.7 Å². The first kappa shape index (κ1) is 19.2. The van der Waals surface area contributed by atoms with Gasteiger partial charge in [-0.15, -0.1) is 12.4 Å². The zero-order valence-corrected chi connectivity index (χ0v) is 14.7. The van der Waals surface area contributed by atoms with Crippen LogP contribution in [0.3, 0.4) is 0 Å². The monoisotopic (exact) mass is 345 g/mol. The van der Waals surface area contributed by atoms with Crippen LogP contribution < -0.4 is 11.1 Å². The van der Waals surface area contributed by atoms with Crippen molar-refractivity contribution in [1.29, 1.82) is 0 Å². The number of halogens is 2. The summed E-state index contributed by atoms with van der Waals surface area (Å²) in [5, 5.41) is 3.64. The Kier molecular flexibility index (Phi) is 7.63. The van der Waals surface area contributed by atoms with Gasteiger partial charge < -0.3 is 11.1 Å². The average Bonchev–Trinajstić information content (AvgIpc) is 2.42. The number of carbonyl (C=O) groups excluding carboxylic acids is 1. The maximum Gasteiger partial charge on any atom is 0.238 e. The third kappa shape index (κ3) is 5.43. The van der Waals surface area contributed by atoms with Crippen molar-refractivity contribution in [2.45, 2.75) is 32.7 Å². The van der Waals surface area contributed by atoms with Crippen LogP contribution in [0.5, 0.6) is 0 Å². The van der Waals surface area contributed by atoms with Crippen LogP contribution in [0, 0.1) is 12.8 Å². The van der Waals surface area contributed by atoms with Crippen LogP contribution in [0.1, 0.15) is 25.3 Å². The van der Waals surface area contributed by atoms with Gasteiger partial charge in [-0.1, -0.05) is 11.6 Å². The third-order valence-corrected chi connectivity index (χ3v) is 4.44. The van der Waals surface area contributed by atoms with Gasteiger partial charge in [-0.25, -0.2) is 0 Å². The van der Waals surface area contributed by atoms with Gasteiger partial charge in [0.15, 0.2) is 0 Å². The van der Waals surface area contributed by atoms with Gasteiger partial charge >= 0.3 is 0 Å². The highest BCUT2D eigenvalue weighted by Crippen LogP contribution is 2.21. The Hall–Kier alpha value is -0.810. The summed E-state index contributed by atoms with van der Waals surface area (Å²) < 4.78 is 0. The molecule has 1 amide bonds. The highest BCUT2D eigenvalue weighted by molar-refractivity contribution is 6.30. The fourth-order valence-electron chi connectivity index (χ4n) is 2.80. The summed E-state index contributed by atoms with van der Waals surface area (Å²) in [5.41, 5.74) is 7.74. The van der Waals surface area contributed by atoms with Crippen LogP contribution in [0.4, 0.5) is 5.69 Å². The highest BCUT2D eigenvalue weighted by atomic mass is 35.5. The van der Waals surface area contributed by atoms with Crippen LogP contribution in [0.25, 0.3) is 0 Å². The molecule has 1 heterocycles. The van der Waals surface area contributed by atoms with Crippen molar-refractivity contribution < 1.29 is 4.79 Å². The molecule has 6 heteroatoms. The first-order valence-electron chi connectivity index (χ1n) is 7.49. The number of nitrogens with one attached hydrogen (secondary N) is 1. The lowest BCUT2D eigenvalue weighted by molar-refractivity contribution is -0.117. The molecule has 1 unspecified atom stereocenters. The van der Waals surface area contributed by atoms with Gasteiger partial charge in [-0.05, 0) is 69.5 Å². The topological polar surface area (TPSA) is 58.4 Å². The van der Waals surface area contributed by atoms with Gasteiger partial charge in [-0.3, -0.25) is 9.69 Å². The van der Waals surface area contributed by atoms with Crippen molar-refractivity contribution >= 4 is 35.6 Å². The number of benzene rings is 1. The standard InChI is InChI=1S/C16H24ClN3O.ClH/c1-11-9-14(17)3-4-15(11)19-16(21)10-20-7-5-13(6-8-20)12(2)18;/h3-4,9,12-13H,5-8,10,18H2,1-2H3,(H,19,21);1H. The molecule has 0 aromatic heterocycles. The van der Waals surface area contributed by atoms with E-state index in [-0.39, 0.29) is 24.4 Å². The zero-order valence-electron chi connectivity index (χ0n) is 13.1. The largest absolute Gasteiger partial charge is 0.328 e. The number of hydrogen-bond donors (Lipinski definition) is 2. The summed E-state index contributed by atoms with van der Waals surface area (Å²) in [4.78, 5) is 14.3. The van der Waals surface area contributed by atoms with Crippen molar-refractivity contribution in [1.82, 2.24) is 4.90 Å². The minimum atomic E-state index is 0. The lowest BCUT2D eigenvalue weighted by Crippen LogP contribution is -2.42. The van der Waals surface area contributed by atoms with Gasteiger partial charge in [0, 0.05) is 16.8 Å². The van der Waals surface area contributed by atoms with Gasteiger partial charge in [0.05, 0.1) is 6.54 Å². The van der Waals surface area contributed by atoms with Crippen LogP contribution in [-0.4, -0.2) is 36.5 Å². The Morgan fingerprint density at radius 3 is 2.64 bits per heavy atom. The van der Waals surface area contributed by atoms with Gasteiger partial charge in [0.25, 0.3) is 0 Å². The Bertz CT molecular complexity index is 500. The summed E-state index contributed by atoms with van der Waals surface area (Å²) in [6, 6.07) is 5.74. The fraction of sp³-hybridized carbons (Fsp3) is 0.562. The number of likely N-dealkylation sites (tertiary alicyclic amines) is 1. The molecule has 0 aliphatic carbocycles. The maximum absolute atomic E-state index is 12.1. The Morgan fingerprint density at radius 1 is 1.45 bits per heavy atom. The van der Waals surface area contributed by atoms with Gasteiger partial charge in [0.1, 0.15) is 0 Å². The molecule has 1 aromatic rings. The second-order valence-electron chi connectivity index (χ2n) is 5.98. The smallest absolute Gasteiger partial charge is 0.238 e. The normalized spacial score (nSPS) is 17.6. The predicted octanol–water partition coefficient (Wildman–Crippen LogP) is 3.07. The number of nitrogens with two attached hydrogens (primary N) is 1. The van der Waals surface area contributed by atoms with Crippen LogP contribution in [0.15, 0.2) is 18.2 Å². The molecule has 22 heavy (non-hydrogen) atoms. The number of hydrogen-bond acceptors (Lipinski definition) is 3. The van der Waals surface area contributed by atoms with Gasteiger partial charge in [0.2, 0.25) is 5.91 Å². The summed E-state index contributed by atoms with van der Waals surface area (Å²) in [7, 11) is 0. The molecule has 1 aliphatic heterocycles. The number of piperidine rings is 1. The number of aryl methyl sites for hydroxylation is 1. The third-order valence-electron chi connectivity index (χ3n) is 4.21. The van der Waals surface area contributed by atoms with E-state index < -0.39 is 0 Å². The maximum atomic E-state index is 12.1. The molecule has 4 nitrogen and oxygen atoms in total. The predicted molar refractivity (Wildman–Crippen MR) is 94.9 cm³/mol.